The lowest BCUT2D eigenvalue weighted by molar-refractivity contribution is 0.00578. The van der Waals surface area contributed by atoms with E-state index in [1.54, 1.807) is 0 Å². The van der Waals surface area contributed by atoms with Crippen LogP contribution in [-0.4, -0.2) is 27.5 Å². The van der Waals surface area contributed by atoms with Gasteiger partial charge in [-0.25, -0.2) is 0 Å². The predicted molar refractivity (Wildman–Crippen MR) is 222 cm³/mol. The zero-order valence-electron chi connectivity index (χ0n) is 30.4. The van der Waals surface area contributed by atoms with Crippen molar-refractivity contribution in [3.8, 4) is 33.6 Å². The highest BCUT2D eigenvalue weighted by atomic mass is 16.7. The van der Waals surface area contributed by atoms with Crippen LogP contribution in [0.5, 0.6) is 0 Å². The SMILES string of the molecule is CC1(C)OB(c2cccc(-n3c4ccccc4c4cc(-c5ccc6c(c5)c5ccccc5n6-c5cccc(-c6ccccc6)c5)ccc43)c2)OC1(C)C. The molecule has 9 aromatic rings. The molecule has 256 valence electrons. The van der Waals surface area contributed by atoms with Crippen LogP contribution in [0.15, 0.2) is 164 Å². The number of nitrogens with zero attached hydrogens (tertiary/aromatic N) is 2. The van der Waals surface area contributed by atoms with Crippen molar-refractivity contribution >= 4 is 56.2 Å². The van der Waals surface area contributed by atoms with Gasteiger partial charge in [0.15, 0.2) is 0 Å². The molecule has 0 spiro atoms. The van der Waals surface area contributed by atoms with Crippen molar-refractivity contribution in [2.75, 3.05) is 0 Å². The fraction of sp³-hybridized carbons (Fsp3) is 0.125. The number of aromatic nitrogens is 2. The van der Waals surface area contributed by atoms with Crippen molar-refractivity contribution in [3.63, 3.8) is 0 Å². The third kappa shape index (κ3) is 5.07. The van der Waals surface area contributed by atoms with Crippen molar-refractivity contribution in [1.82, 2.24) is 9.13 Å². The van der Waals surface area contributed by atoms with Crippen LogP contribution in [0.2, 0.25) is 0 Å². The zero-order valence-corrected chi connectivity index (χ0v) is 30.4. The molecule has 0 amide bonds. The van der Waals surface area contributed by atoms with Gasteiger partial charge >= 0.3 is 7.12 Å². The molecule has 5 heteroatoms. The van der Waals surface area contributed by atoms with Crippen LogP contribution < -0.4 is 5.46 Å². The van der Waals surface area contributed by atoms with Crippen molar-refractivity contribution in [2.24, 2.45) is 0 Å². The summed E-state index contributed by atoms with van der Waals surface area (Å²) in [6.45, 7) is 8.40. The Balaban J connectivity index is 1.09. The highest BCUT2D eigenvalue weighted by Gasteiger charge is 2.51. The Morgan fingerprint density at radius 2 is 0.830 bits per heavy atom. The highest BCUT2D eigenvalue weighted by Crippen LogP contribution is 2.40. The quantitative estimate of drug-likeness (QED) is 0.169. The van der Waals surface area contributed by atoms with Gasteiger partial charge in [-0.1, -0.05) is 103 Å². The minimum Gasteiger partial charge on any atom is -0.399 e. The van der Waals surface area contributed by atoms with Gasteiger partial charge in [-0.2, -0.15) is 0 Å². The van der Waals surface area contributed by atoms with Gasteiger partial charge in [0.1, 0.15) is 0 Å². The lowest BCUT2D eigenvalue weighted by atomic mass is 9.79. The number of hydrogen-bond acceptors (Lipinski definition) is 2. The lowest BCUT2D eigenvalue weighted by Crippen LogP contribution is -2.41. The van der Waals surface area contributed by atoms with E-state index in [4.69, 9.17) is 9.31 Å². The van der Waals surface area contributed by atoms with E-state index in [2.05, 4.69) is 201 Å². The zero-order chi connectivity index (χ0) is 35.9. The fourth-order valence-corrected chi connectivity index (χ4v) is 8.11. The van der Waals surface area contributed by atoms with E-state index in [9.17, 15) is 0 Å². The van der Waals surface area contributed by atoms with Gasteiger partial charge < -0.3 is 18.4 Å². The summed E-state index contributed by atoms with van der Waals surface area (Å²) in [6.07, 6.45) is 0. The summed E-state index contributed by atoms with van der Waals surface area (Å²) in [4.78, 5) is 0. The van der Waals surface area contributed by atoms with E-state index in [1.807, 2.05) is 0 Å². The topological polar surface area (TPSA) is 28.3 Å². The molecule has 0 atom stereocenters. The van der Waals surface area contributed by atoms with Crippen LogP contribution in [0.3, 0.4) is 0 Å². The van der Waals surface area contributed by atoms with E-state index < -0.39 is 18.3 Å². The smallest absolute Gasteiger partial charge is 0.399 e. The van der Waals surface area contributed by atoms with Crippen LogP contribution in [0.1, 0.15) is 27.7 Å². The normalized spacial score (nSPS) is 15.3. The average Bonchev–Trinajstić information content (AvgIpc) is 3.78. The molecule has 0 radical (unpaired) electrons. The minimum atomic E-state index is -0.423. The number of para-hydroxylation sites is 2. The van der Waals surface area contributed by atoms with Crippen LogP contribution in [0.25, 0.3) is 77.2 Å². The summed E-state index contributed by atoms with van der Waals surface area (Å²) in [5.74, 6) is 0. The summed E-state index contributed by atoms with van der Waals surface area (Å²) in [5.41, 5.74) is 12.0. The van der Waals surface area contributed by atoms with Crippen molar-refractivity contribution in [1.29, 1.82) is 0 Å². The lowest BCUT2D eigenvalue weighted by Gasteiger charge is -2.32. The second kappa shape index (κ2) is 11.8. The number of hydrogen-bond donors (Lipinski definition) is 0. The summed E-state index contributed by atoms with van der Waals surface area (Å²) >= 11 is 0. The molecule has 1 fully saturated rings. The molecule has 0 bridgehead atoms. The van der Waals surface area contributed by atoms with E-state index in [0.717, 1.165) is 22.4 Å². The van der Waals surface area contributed by atoms with E-state index in [-0.39, 0.29) is 0 Å². The first-order valence-corrected chi connectivity index (χ1v) is 18.4. The molecule has 3 heterocycles. The van der Waals surface area contributed by atoms with Gasteiger partial charge in [0.2, 0.25) is 0 Å². The van der Waals surface area contributed by atoms with E-state index in [0.29, 0.717) is 0 Å². The van der Waals surface area contributed by atoms with Crippen LogP contribution in [0.4, 0.5) is 0 Å². The van der Waals surface area contributed by atoms with Gasteiger partial charge in [0.25, 0.3) is 0 Å². The second-order valence-electron chi connectivity index (χ2n) is 15.3. The maximum Gasteiger partial charge on any atom is 0.494 e. The van der Waals surface area contributed by atoms with E-state index >= 15 is 0 Å². The first kappa shape index (κ1) is 31.8. The molecule has 10 rings (SSSR count). The number of fused-ring (bicyclic) bond motifs is 6. The average molecular weight is 687 g/mol. The Kier molecular flexibility index (Phi) is 7.10. The number of benzene rings is 7. The third-order valence-corrected chi connectivity index (χ3v) is 11.5. The molecular formula is C48H39BN2O2. The Labute approximate surface area is 310 Å². The monoisotopic (exact) mass is 686 g/mol. The van der Waals surface area contributed by atoms with Gasteiger partial charge in [0.05, 0.1) is 33.3 Å². The molecule has 1 aliphatic heterocycles. The Hall–Kier alpha value is -5.88. The van der Waals surface area contributed by atoms with Crippen LogP contribution >= 0.6 is 0 Å². The largest absolute Gasteiger partial charge is 0.494 e. The van der Waals surface area contributed by atoms with Gasteiger partial charge in [-0.15, -0.1) is 0 Å². The first-order valence-electron chi connectivity index (χ1n) is 18.4. The maximum atomic E-state index is 6.44. The molecule has 2 aromatic heterocycles. The van der Waals surface area contributed by atoms with Gasteiger partial charge in [0, 0.05) is 32.9 Å². The van der Waals surface area contributed by atoms with Gasteiger partial charge in [-0.05, 0) is 116 Å². The summed E-state index contributed by atoms with van der Waals surface area (Å²) < 4.78 is 17.6. The molecule has 1 aliphatic rings. The van der Waals surface area contributed by atoms with Crippen molar-refractivity contribution in [3.05, 3.63) is 164 Å². The Bertz CT molecular complexity index is 2850. The summed E-state index contributed by atoms with van der Waals surface area (Å²) in [7, 11) is -0.423. The van der Waals surface area contributed by atoms with E-state index in [1.165, 1.54) is 60.3 Å². The molecule has 0 N–H and O–H groups in total. The first-order chi connectivity index (χ1) is 25.8. The fourth-order valence-electron chi connectivity index (χ4n) is 8.11. The Morgan fingerprint density at radius 1 is 0.377 bits per heavy atom. The predicted octanol–water partition coefficient (Wildman–Crippen LogP) is 11.5. The molecular weight excluding hydrogens is 647 g/mol. The standard InChI is InChI=1S/C48H39BN2O2/c1-47(2)48(3,4)53-49(52-47)36-17-13-19-38(31-36)51-44-23-11-9-21-40(44)42-30-35(25-27-46(42)51)34-24-26-45-41(29-34)39-20-8-10-22-43(39)50(45)37-18-12-16-33(28-37)32-14-6-5-7-15-32/h5-31H,1-4H3. The highest BCUT2D eigenvalue weighted by molar-refractivity contribution is 6.62. The molecule has 0 aliphatic carbocycles. The molecule has 7 aromatic carbocycles. The third-order valence-electron chi connectivity index (χ3n) is 11.5. The van der Waals surface area contributed by atoms with Crippen molar-refractivity contribution < 1.29 is 9.31 Å². The molecule has 1 saturated heterocycles. The molecule has 53 heavy (non-hydrogen) atoms. The van der Waals surface area contributed by atoms with Crippen LogP contribution in [-0.2, 0) is 9.31 Å². The molecule has 0 saturated carbocycles. The molecule has 0 unspecified atom stereocenters. The summed E-state index contributed by atoms with van der Waals surface area (Å²) in [5, 5.41) is 4.93. The van der Waals surface area contributed by atoms with Gasteiger partial charge in [-0.3, -0.25) is 0 Å². The number of rotatable bonds is 5. The minimum absolute atomic E-state index is 0.401. The molecule has 4 nitrogen and oxygen atoms in total. The second-order valence-corrected chi connectivity index (χ2v) is 15.3. The maximum absolute atomic E-state index is 6.44. The van der Waals surface area contributed by atoms with Crippen molar-refractivity contribution in [2.45, 2.75) is 38.9 Å². The Morgan fingerprint density at radius 3 is 1.42 bits per heavy atom. The summed E-state index contributed by atoms with van der Waals surface area (Å²) in [6, 6.07) is 59.3. The van der Waals surface area contributed by atoms with Crippen LogP contribution in [0, 0.1) is 0 Å².